The molecule has 0 saturated heterocycles. The second-order valence-electron chi connectivity index (χ2n) is 5.46. The third-order valence-corrected chi connectivity index (χ3v) is 5.04. The van der Waals surface area contributed by atoms with Crippen molar-refractivity contribution in [2.45, 2.75) is 25.2 Å². The Balaban J connectivity index is 1.91. The quantitative estimate of drug-likeness (QED) is 0.902. The van der Waals surface area contributed by atoms with Crippen LogP contribution in [-0.4, -0.2) is 17.4 Å². The Hall–Kier alpha value is -2.07. The van der Waals surface area contributed by atoms with Gasteiger partial charge in [-0.05, 0) is 43.2 Å². The van der Waals surface area contributed by atoms with Gasteiger partial charge in [0.2, 0.25) is 0 Å². The Morgan fingerprint density at radius 1 is 1.14 bits per heavy atom. The van der Waals surface area contributed by atoms with E-state index in [-0.39, 0.29) is 11.7 Å². The average molecular weight is 311 g/mol. The van der Waals surface area contributed by atoms with E-state index < -0.39 is 0 Å². The average Bonchev–Trinajstić information content (AvgIpc) is 2.51. The molecule has 3 rings (SSSR count). The van der Waals surface area contributed by atoms with Crippen molar-refractivity contribution in [3.63, 3.8) is 0 Å². The molecule has 2 aromatic rings. The number of hydrogen-bond acceptors (Lipinski definition) is 3. The van der Waals surface area contributed by atoms with Crippen LogP contribution in [0.25, 0.3) is 0 Å². The van der Waals surface area contributed by atoms with Crippen molar-refractivity contribution in [3.8, 4) is 0 Å². The maximum atomic E-state index is 12.6. The van der Waals surface area contributed by atoms with Crippen molar-refractivity contribution < 1.29 is 9.59 Å². The normalized spacial score (nSPS) is 13.6. The highest BCUT2D eigenvalue weighted by Gasteiger charge is 2.23. The summed E-state index contributed by atoms with van der Waals surface area (Å²) in [5.41, 5.74) is 4.35. The Labute approximate surface area is 134 Å². The number of amides is 1. The molecule has 112 valence electrons. The van der Waals surface area contributed by atoms with Crippen molar-refractivity contribution >= 4 is 29.1 Å². The zero-order valence-corrected chi connectivity index (χ0v) is 13.4. The Kier molecular flexibility index (Phi) is 4.03. The number of hydrogen-bond donors (Lipinski definition) is 1. The number of carbonyl (C=O) groups is 2. The van der Waals surface area contributed by atoms with Gasteiger partial charge in [-0.15, -0.1) is 11.8 Å². The molecular weight excluding hydrogens is 294 g/mol. The molecular formula is C18H17NO2S. The molecule has 0 bridgehead atoms. The molecule has 0 aromatic heterocycles. The molecule has 2 aromatic carbocycles. The third-order valence-electron chi connectivity index (χ3n) is 3.90. The number of fused-ring (bicyclic) bond motifs is 1. The molecule has 22 heavy (non-hydrogen) atoms. The van der Waals surface area contributed by atoms with Gasteiger partial charge in [0, 0.05) is 28.3 Å². The number of carbonyl (C=O) groups excluding carboxylic acids is 2. The number of nitrogens with one attached hydrogen (secondary N) is 1. The van der Waals surface area contributed by atoms with Crippen LogP contribution in [0, 0.1) is 13.8 Å². The van der Waals surface area contributed by atoms with Crippen LogP contribution >= 0.6 is 11.8 Å². The van der Waals surface area contributed by atoms with Gasteiger partial charge in [0.15, 0.2) is 5.78 Å². The summed E-state index contributed by atoms with van der Waals surface area (Å²) in [7, 11) is 0. The Morgan fingerprint density at radius 2 is 1.95 bits per heavy atom. The fourth-order valence-corrected chi connectivity index (χ4v) is 3.63. The molecule has 0 aliphatic carbocycles. The zero-order chi connectivity index (χ0) is 15.7. The van der Waals surface area contributed by atoms with Gasteiger partial charge in [0.1, 0.15) is 0 Å². The molecule has 1 aliphatic heterocycles. The summed E-state index contributed by atoms with van der Waals surface area (Å²) in [6, 6.07) is 11.2. The number of thioether (sulfide) groups is 1. The largest absolute Gasteiger partial charge is 0.322 e. The molecule has 3 nitrogen and oxygen atoms in total. The lowest BCUT2D eigenvalue weighted by molar-refractivity contribution is 0.0984. The van der Waals surface area contributed by atoms with Gasteiger partial charge in [0.05, 0.1) is 5.56 Å². The monoisotopic (exact) mass is 311 g/mol. The lowest BCUT2D eigenvalue weighted by Crippen LogP contribution is -2.17. The van der Waals surface area contributed by atoms with Crippen LogP contribution in [0.4, 0.5) is 5.69 Å². The summed E-state index contributed by atoms with van der Waals surface area (Å²) in [5.74, 6) is 0.691. The predicted molar refractivity (Wildman–Crippen MR) is 90.0 cm³/mol. The highest BCUT2D eigenvalue weighted by molar-refractivity contribution is 7.99. The van der Waals surface area contributed by atoms with Gasteiger partial charge >= 0.3 is 0 Å². The number of Topliss-reactive ketones (excluding diaryl/α,β-unsaturated/α-hetero) is 1. The Morgan fingerprint density at radius 3 is 2.73 bits per heavy atom. The van der Waals surface area contributed by atoms with E-state index in [9.17, 15) is 9.59 Å². The maximum absolute atomic E-state index is 12.6. The van der Waals surface area contributed by atoms with E-state index in [1.807, 2.05) is 32.0 Å². The van der Waals surface area contributed by atoms with E-state index in [0.717, 1.165) is 21.9 Å². The van der Waals surface area contributed by atoms with Crippen LogP contribution in [0.2, 0.25) is 0 Å². The SMILES string of the molecule is Cc1ccc(NC(=O)c2cccc3c2SCCC3=O)cc1C. The van der Waals surface area contributed by atoms with Crippen LogP contribution < -0.4 is 5.32 Å². The van der Waals surface area contributed by atoms with E-state index in [2.05, 4.69) is 5.32 Å². The molecule has 4 heteroatoms. The molecule has 1 N–H and O–H groups in total. The number of benzene rings is 2. The first-order chi connectivity index (χ1) is 10.6. The second kappa shape index (κ2) is 5.97. The number of ketones is 1. The number of rotatable bonds is 2. The summed E-state index contributed by atoms with van der Waals surface area (Å²) >= 11 is 1.58. The van der Waals surface area contributed by atoms with Crippen LogP contribution in [0.1, 0.15) is 38.3 Å². The van der Waals surface area contributed by atoms with Gasteiger partial charge in [-0.3, -0.25) is 9.59 Å². The zero-order valence-electron chi connectivity index (χ0n) is 12.6. The minimum Gasteiger partial charge on any atom is -0.322 e. The first-order valence-electron chi connectivity index (χ1n) is 7.24. The summed E-state index contributed by atoms with van der Waals surface area (Å²) in [6.07, 6.45) is 0.542. The van der Waals surface area contributed by atoms with Crippen LogP contribution in [-0.2, 0) is 0 Å². The number of aryl methyl sites for hydroxylation is 2. The van der Waals surface area contributed by atoms with E-state index in [1.54, 1.807) is 30.0 Å². The molecule has 0 radical (unpaired) electrons. The predicted octanol–water partition coefficient (Wildman–Crippen LogP) is 4.23. The third kappa shape index (κ3) is 2.79. The van der Waals surface area contributed by atoms with Gasteiger partial charge < -0.3 is 5.32 Å². The molecule has 0 unspecified atom stereocenters. The van der Waals surface area contributed by atoms with E-state index in [4.69, 9.17) is 0 Å². The van der Waals surface area contributed by atoms with E-state index >= 15 is 0 Å². The molecule has 0 atom stereocenters. The second-order valence-corrected chi connectivity index (χ2v) is 6.56. The fraction of sp³-hybridized carbons (Fsp3) is 0.222. The molecule has 1 heterocycles. The maximum Gasteiger partial charge on any atom is 0.256 e. The van der Waals surface area contributed by atoms with Crippen molar-refractivity contribution in [1.29, 1.82) is 0 Å². The lowest BCUT2D eigenvalue weighted by atomic mass is 10.0. The van der Waals surface area contributed by atoms with Gasteiger partial charge in [0.25, 0.3) is 5.91 Å². The molecule has 0 spiro atoms. The number of anilines is 1. The summed E-state index contributed by atoms with van der Waals surface area (Å²) in [5, 5.41) is 2.93. The topological polar surface area (TPSA) is 46.2 Å². The first-order valence-corrected chi connectivity index (χ1v) is 8.22. The van der Waals surface area contributed by atoms with Crippen molar-refractivity contribution in [3.05, 3.63) is 58.7 Å². The van der Waals surface area contributed by atoms with Crippen molar-refractivity contribution in [1.82, 2.24) is 0 Å². The van der Waals surface area contributed by atoms with Crippen molar-refractivity contribution in [2.75, 3.05) is 11.1 Å². The van der Waals surface area contributed by atoms with Crippen LogP contribution in [0.15, 0.2) is 41.3 Å². The highest BCUT2D eigenvalue weighted by atomic mass is 32.2. The standard InChI is InChI=1S/C18H17NO2S/c1-11-6-7-13(10-12(11)2)19-18(21)15-5-3-4-14-16(20)8-9-22-17(14)15/h3-7,10H,8-9H2,1-2H3,(H,19,21). The van der Waals surface area contributed by atoms with E-state index in [0.29, 0.717) is 17.5 Å². The Bertz CT molecular complexity index is 768. The van der Waals surface area contributed by atoms with E-state index in [1.165, 1.54) is 5.56 Å². The lowest BCUT2D eigenvalue weighted by Gasteiger charge is -2.17. The molecule has 0 fully saturated rings. The molecule has 0 saturated carbocycles. The summed E-state index contributed by atoms with van der Waals surface area (Å²) in [4.78, 5) is 25.3. The minimum atomic E-state index is -0.165. The molecule has 1 aliphatic rings. The first kappa shape index (κ1) is 14.9. The highest BCUT2D eigenvalue weighted by Crippen LogP contribution is 2.33. The fourth-order valence-electron chi connectivity index (χ4n) is 2.49. The smallest absolute Gasteiger partial charge is 0.256 e. The minimum absolute atomic E-state index is 0.120. The summed E-state index contributed by atoms with van der Waals surface area (Å²) in [6.45, 7) is 4.06. The molecule has 1 amide bonds. The van der Waals surface area contributed by atoms with Crippen molar-refractivity contribution in [2.24, 2.45) is 0 Å². The van der Waals surface area contributed by atoms with Crippen LogP contribution in [0.5, 0.6) is 0 Å². The van der Waals surface area contributed by atoms with Gasteiger partial charge in [-0.1, -0.05) is 18.2 Å². The summed E-state index contributed by atoms with van der Waals surface area (Å²) < 4.78 is 0. The van der Waals surface area contributed by atoms with Gasteiger partial charge in [-0.2, -0.15) is 0 Å². The van der Waals surface area contributed by atoms with Gasteiger partial charge in [-0.25, -0.2) is 0 Å². The van der Waals surface area contributed by atoms with Crippen LogP contribution in [0.3, 0.4) is 0 Å².